The summed E-state index contributed by atoms with van der Waals surface area (Å²) in [7, 11) is 0. The highest BCUT2D eigenvalue weighted by Crippen LogP contribution is 2.46. The maximum atomic E-state index is 12.7. The SMILES string of the molecule is CC.CC.CC.O=C(O[C@@H]1Cc2c(O)cc(O)cc2O[C@@H]1c1cc(O)c(O)c(O)c1)c1cc(O)c(O)c(O)c1. The Balaban J connectivity index is 0.00000119. The Bertz CT molecular complexity index is 1220. The zero-order valence-corrected chi connectivity index (χ0v) is 22.6. The van der Waals surface area contributed by atoms with Gasteiger partial charge in [-0.2, -0.15) is 0 Å². The van der Waals surface area contributed by atoms with Gasteiger partial charge in [0.25, 0.3) is 0 Å². The maximum Gasteiger partial charge on any atom is 0.338 e. The van der Waals surface area contributed by atoms with Gasteiger partial charge in [0.15, 0.2) is 40.6 Å². The topological polar surface area (TPSA) is 197 Å². The molecule has 3 aromatic carbocycles. The lowest BCUT2D eigenvalue weighted by atomic mass is 9.93. The average molecular weight is 549 g/mol. The summed E-state index contributed by atoms with van der Waals surface area (Å²) in [6.07, 6.45) is -2.49. The zero-order chi connectivity index (χ0) is 30.0. The molecule has 0 spiro atoms. The molecule has 3 aromatic rings. The molecule has 4 rings (SSSR count). The summed E-state index contributed by atoms with van der Waals surface area (Å²) < 4.78 is 11.3. The fourth-order valence-corrected chi connectivity index (χ4v) is 3.55. The molecule has 0 fully saturated rings. The third kappa shape index (κ3) is 7.22. The first-order valence-corrected chi connectivity index (χ1v) is 12.5. The number of aromatic hydroxyl groups is 8. The number of hydrogen-bond acceptors (Lipinski definition) is 11. The Kier molecular flexibility index (Phi) is 11.9. The number of carbonyl (C=O) groups excluding carboxylic acids is 1. The molecule has 0 radical (unpaired) electrons. The number of benzene rings is 3. The number of rotatable bonds is 3. The van der Waals surface area contributed by atoms with Crippen molar-refractivity contribution in [2.45, 2.75) is 60.2 Å². The average Bonchev–Trinajstić information content (AvgIpc) is 2.93. The highest BCUT2D eigenvalue weighted by Gasteiger charge is 2.37. The van der Waals surface area contributed by atoms with Crippen molar-refractivity contribution < 1.29 is 55.1 Å². The van der Waals surface area contributed by atoms with Crippen molar-refractivity contribution >= 4 is 5.97 Å². The normalized spacial score (nSPS) is 14.9. The number of ether oxygens (including phenoxy) is 2. The van der Waals surface area contributed by atoms with E-state index in [2.05, 4.69) is 0 Å². The van der Waals surface area contributed by atoms with Crippen molar-refractivity contribution in [3.05, 3.63) is 53.1 Å². The largest absolute Gasteiger partial charge is 0.508 e. The van der Waals surface area contributed by atoms with Crippen LogP contribution < -0.4 is 4.74 Å². The maximum absolute atomic E-state index is 12.7. The molecule has 1 aliphatic heterocycles. The predicted octanol–water partition coefficient (Wildman–Crippen LogP) is 5.31. The fraction of sp³-hybridized carbons (Fsp3) is 0.321. The molecule has 0 saturated carbocycles. The Labute approximate surface area is 226 Å². The van der Waals surface area contributed by atoms with Crippen LogP contribution in [0, 0.1) is 0 Å². The lowest BCUT2D eigenvalue weighted by molar-refractivity contribution is -0.0189. The van der Waals surface area contributed by atoms with E-state index in [1.54, 1.807) is 0 Å². The van der Waals surface area contributed by atoms with Crippen LogP contribution in [-0.2, 0) is 11.2 Å². The molecule has 0 aromatic heterocycles. The number of phenolic OH excluding ortho intramolecular Hbond substituents is 8. The smallest absolute Gasteiger partial charge is 0.338 e. The summed E-state index contributed by atoms with van der Waals surface area (Å²) >= 11 is 0. The van der Waals surface area contributed by atoms with Gasteiger partial charge in [0.2, 0.25) is 0 Å². The van der Waals surface area contributed by atoms with E-state index in [1.165, 1.54) is 6.07 Å². The van der Waals surface area contributed by atoms with Crippen molar-refractivity contribution in [1.29, 1.82) is 0 Å². The molecular weight excluding hydrogens is 512 g/mol. The van der Waals surface area contributed by atoms with Crippen LogP contribution in [-0.4, -0.2) is 52.9 Å². The summed E-state index contributed by atoms with van der Waals surface area (Å²) in [5.74, 6) is -6.06. The quantitative estimate of drug-likeness (QED) is 0.156. The Morgan fingerprint density at radius 1 is 0.692 bits per heavy atom. The number of phenols is 8. The van der Waals surface area contributed by atoms with Crippen molar-refractivity contribution in [3.8, 4) is 51.7 Å². The molecule has 0 saturated heterocycles. The van der Waals surface area contributed by atoms with Crippen molar-refractivity contribution in [2.75, 3.05) is 0 Å². The second kappa shape index (κ2) is 14.3. The zero-order valence-electron chi connectivity index (χ0n) is 22.6. The van der Waals surface area contributed by atoms with Crippen LogP contribution in [0.3, 0.4) is 0 Å². The van der Waals surface area contributed by atoms with Crippen molar-refractivity contribution in [1.82, 2.24) is 0 Å². The second-order valence-electron chi connectivity index (χ2n) is 7.40. The van der Waals surface area contributed by atoms with Gasteiger partial charge in [-0.15, -0.1) is 0 Å². The van der Waals surface area contributed by atoms with Gasteiger partial charge in [0, 0.05) is 29.7 Å². The Morgan fingerprint density at radius 2 is 1.15 bits per heavy atom. The molecule has 214 valence electrons. The van der Waals surface area contributed by atoms with E-state index in [1.807, 2.05) is 41.5 Å². The number of fused-ring (bicyclic) bond motifs is 1. The molecule has 1 heterocycles. The van der Waals surface area contributed by atoms with E-state index in [0.29, 0.717) is 0 Å². The van der Waals surface area contributed by atoms with Gasteiger partial charge in [0.1, 0.15) is 23.4 Å². The summed E-state index contributed by atoms with van der Waals surface area (Å²) in [4.78, 5) is 12.7. The van der Waals surface area contributed by atoms with Crippen LogP contribution >= 0.6 is 0 Å². The van der Waals surface area contributed by atoms with Gasteiger partial charge in [-0.3, -0.25) is 0 Å². The molecule has 1 aliphatic rings. The molecule has 39 heavy (non-hydrogen) atoms. The Hall–Kier alpha value is -4.67. The molecule has 0 amide bonds. The molecule has 11 heteroatoms. The molecule has 11 nitrogen and oxygen atoms in total. The summed E-state index contributed by atoms with van der Waals surface area (Å²) in [6.45, 7) is 12.0. The highest BCUT2D eigenvalue weighted by molar-refractivity contribution is 5.91. The minimum Gasteiger partial charge on any atom is -0.508 e. The van der Waals surface area contributed by atoms with Crippen LogP contribution in [0.1, 0.15) is 69.1 Å². The van der Waals surface area contributed by atoms with E-state index >= 15 is 0 Å². The second-order valence-corrected chi connectivity index (χ2v) is 7.40. The van der Waals surface area contributed by atoms with E-state index < -0.39 is 52.7 Å². The summed E-state index contributed by atoms with van der Waals surface area (Å²) in [6, 6.07) is 6.18. The third-order valence-electron chi connectivity index (χ3n) is 5.15. The molecule has 0 unspecified atom stereocenters. The van der Waals surface area contributed by atoms with Crippen molar-refractivity contribution in [3.63, 3.8) is 0 Å². The van der Waals surface area contributed by atoms with Crippen LogP contribution in [0.5, 0.6) is 51.7 Å². The number of esters is 1. The third-order valence-corrected chi connectivity index (χ3v) is 5.15. The van der Waals surface area contributed by atoms with Gasteiger partial charge in [0.05, 0.1) is 5.56 Å². The number of carbonyl (C=O) groups is 1. The minimum absolute atomic E-state index is 0.0526. The lowest BCUT2D eigenvalue weighted by Gasteiger charge is -2.34. The molecule has 0 aliphatic carbocycles. The van der Waals surface area contributed by atoms with Crippen LogP contribution in [0.2, 0.25) is 0 Å². The predicted molar refractivity (Wildman–Crippen MR) is 143 cm³/mol. The van der Waals surface area contributed by atoms with Crippen LogP contribution in [0.25, 0.3) is 0 Å². The van der Waals surface area contributed by atoms with Gasteiger partial charge in [-0.1, -0.05) is 41.5 Å². The van der Waals surface area contributed by atoms with E-state index in [9.17, 15) is 45.6 Å². The van der Waals surface area contributed by atoms with Gasteiger partial charge in [-0.25, -0.2) is 4.79 Å². The van der Waals surface area contributed by atoms with Crippen LogP contribution in [0.15, 0.2) is 36.4 Å². The first-order chi connectivity index (χ1) is 18.5. The van der Waals surface area contributed by atoms with E-state index in [-0.39, 0.29) is 40.4 Å². The fourth-order valence-electron chi connectivity index (χ4n) is 3.55. The van der Waals surface area contributed by atoms with Gasteiger partial charge >= 0.3 is 5.97 Å². The molecule has 8 N–H and O–H groups in total. The van der Waals surface area contributed by atoms with E-state index in [0.717, 1.165) is 30.3 Å². The summed E-state index contributed by atoms with van der Waals surface area (Å²) in [5, 5.41) is 78.2. The van der Waals surface area contributed by atoms with Gasteiger partial charge in [-0.05, 0) is 24.3 Å². The number of hydrogen-bond donors (Lipinski definition) is 8. The molecule has 2 atom stereocenters. The first kappa shape index (κ1) is 32.4. The lowest BCUT2D eigenvalue weighted by Crippen LogP contribution is -2.34. The minimum atomic E-state index is -1.18. The van der Waals surface area contributed by atoms with Crippen molar-refractivity contribution in [2.24, 2.45) is 0 Å². The van der Waals surface area contributed by atoms with Crippen LogP contribution in [0.4, 0.5) is 0 Å². The monoisotopic (exact) mass is 548 g/mol. The summed E-state index contributed by atoms with van der Waals surface area (Å²) in [5.41, 5.74) is -0.0189. The first-order valence-electron chi connectivity index (χ1n) is 12.5. The highest BCUT2D eigenvalue weighted by atomic mass is 16.6. The Morgan fingerprint density at radius 3 is 1.64 bits per heavy atom. The van der Waals surface area contributed by atoms with Gasteiger partial charge < -0.3 is 50.3 Å². The van der Waals surface area contributed by atoms with E-state index in [4.69, 9.17) is 9.47 Å². The molecule has 0 bridgehead atoms. The standard InChI is InChI=1S/C22H18O11.3C2H6/c23-10-5-12(24)11-7-18(33-22(31)9-3-15(27)20(30)16(28)4-9)21(32-17(11)6-10)8-1-13(25)19(29)14(26)2-8;3*1-2/h1-6,18,21,23-30H,7H2;3*1-2H3/t18-,21-;;;/m1.../s1. The molecular formula is C28H36O11.